The number of urea groups is 1. The van der Waals surface area contributed by atoms with E-state index in [9.17, 15) is 18.8 Å². The summed E-state index contributed by atoms with van der Waals surface area (Å²) in [4.78, 5) is 32.8. The minimum absolute atomic E-state index is 0.169. The minimum atomic E-state index is -1.13. The number of amides is 3. The Bertz CT molecular complexity index is 521. The van der Waals surface area contributed by atoms with Crippen molar-refractivity contribution in [3.8, 4) is 0 Å². The third kappa shape index (κ3) is 5.47. The summed E-state index contributed by atoms with van der Waals surface area (Å²) < 4.78 is 13.1. The standard InChI is InChI=1S/C11H10BrFN2O4/c12-7-5-6(1-2-8(7)13)14-11(19)15-9(16)3-4-10(17)18/h1-2,5H,3-4H2,(H,17,18)(H2,14,15,16,19). The SMILES string of the molecule is O=C(O)CCC(=O)NC(=O)Nc1ccc(F)c(Br)c1. The fraction of sp³-hybridized carbons (Fsp3) is 0.182. The van der Waals surface area contributed by atoms with Crippen LogP contribution in [-0.2, 0) is 9.59 Å². The number of carboxylic acids is 1. The van der Waals surface area contributed by atoms with Gasteiger partial charge in [0.25, 0.3) is 0 Å². The van der Waals surface area contributed by atoms with Crippen molar-refractivity contribution in [2.24, 2.45) is 0 Å². The average Bonchev–Trinajstić information content (AvgIpc) is 2.31. The predicted octanol–water partition coefficient (Wildman–Crippen LogP) is 2.10. The van der Waals surface area contributed by atoms with E-state index in [0.29, 0.717) is 0 Å². The number of benzene rings is 1. The van der Waals surface area contributed by atoms with E-state index in [1.807, 2.05) is 5.32 Å². The molecular formula is C11H10BrFN2O4. The number of anilines is 1. The normalized spacial score (nSPS) is 9.79. The number of hydrogen-bond donors (Lipinski definition) is 3. The van der Waals surface area contributed by atoms with Crippen molar-refractivity contribution in [3.05, 3.63) is 28.5 Å². The number of carboxylic acid groups (broad SMARTS) is 1. The van der Waals surface area contributed by atoms with Crippen LogP contribution in [0.3, 0.4) is 0 Å². The smallest absolute Gasteiger partial charge is 0.325 e. The van der Waals surface area contributed by atoms with Crippen LogP contribution in [0.15, 0.2) is 22.7 Å². The molecule has 1 aromatic carbocycles. The van der Waals surface area contributed by atoms with Crippen molar-refractivity contribution in [3.63, 3.8) is 0 Å². The Balaban J connectivity index is 2.48. The maximum Gasteiger partial charge on any atom is 0.325 e. The molecule has 3 amide bonds. The summed E-state index contributed by atoms with van der Waals surface area (Å²) in [7, 11) is 0. The van der Waals surface area contributed by atoms with E-state index < -0.39 is 23.7 Å². The molecule has 0 heterocycles. The first-order valence-corrected chi connectivity index (χ1v) is 5.95. The first kappa shape index (κ1) is 15.1. The summed E-state index contributed by atoms with van der Waals surface area (Å²) in [5, 5.41) is 12.6. The molecule has 102 valence electrons. The first-order valence-electron chi connectivity index (χ1n) is 5.16. The molecule has 0 unspecified atom stereocenters. The Morgan fingerprint density at radius 1 is 1.26 bits per heavy atom. The number of halogens is 2. The van der Waals surface area contributed by atoms with E-state index in [2.05, 4.69) is 21.2 Å². The molecule has 8 heteroatoms. The summed E-state index contributed by atoms with van der Waals surface area (Å²) in [6.07, 6.45) is -0.656. The van der Waals surface area contributed by atoms with Gasteiger partial charge in [0.15, 0.2) is 0 Å². The lowest BCUT2D eigenvalue weighted by atomic mass is 10.3. The number of aliphatic carboxylic acids is 1. The zero-order valence-electron chi connectivity index (χ0n) is 9.57. The van der Waals surface area contributed by atoms with Crippen LogP contribution in [0.5, 0.6) is 0 Å². The lowest BCUT2D eigenvalue weighted by molar-refractivity contribution is -0.138. The van der Waals surface area contributed by atoms with Crippen molar-refractivity contribution in [2.75, 3.05) is 5.32 Å². The number of nitrogens with one attached hydrogen (secondary N) is 2. The zero-order valence-corrected chi connectivity index (χ0v) is 11.2. The van der Waals surface area contributed by atoms with E-state index in [1.165, 1.54) is 12.1 Å². The highest BCUT2D eigenvalue weighted by Crippen LogP contribution is 2.19. The highest BCUT2D eigenvalue weighted by Gasteiger charge is 2.10. The van der Waals surface area contributed by atoms with Gasteiger partial charge in [0.1, 0.15) is 5.82 Å². The number of rotatable bonds is 4. The van der Waals surface area contributed by atoms with Crippen LogP contribution < -0.4 is 10.6 Å². The Labute approximate surface area is 116 Å². The topological polar surface area (TPSA) is 95.5 Å². The van der Waals surface area contributed by atoms with E-state index in [0.717, 1.165) is 6.07 Å². The van der Waals surface area contributed by atoms with Gasteiger partial charge in [-0.15, -0.1) is 0 Å². The molecule has 0 fully saturated rings. The van der Waals surface area contributed by atoms with Crippen LogP contribution in [0.2, 0.25) is 0 Å². The van der Waals surface area contributed by atoms with E-state index >= 15 is 0 Å². The van der Waals surface area contributed by atoms with Gasteiger partial charge in [-0.05, 0) is 34.1 Å². The van der Waals surface area contributed by atoms with E-state index in [-0.39, 0.29) is 23.0 Å². The van der Waals surface area contributed by atoms with Crippen molar-refractivity contribution in [1.82, 2.24) is 5.32 Å². The molecule has 0 aliphatic carbocycles. The van der Waals surface area contributed by atoms with Crippen molar-refractivity contribution in [2.45, 2.75) is 12.8 Å². The fourth-order valence-corrected chi connectivity index (χ4v) is 1.52. The van der Waals surface area contributed by atoms with Crippen molar-refractivity contribution in [1.29, 1.82) is 0 Å². The number of hydrogen-bond acceptors (Lipinski definition) is 3. The van der Waals surface area contributed by atoms with Gasteiger partial charge in [0.05, 0.1) is 10.9 Å². The summed E-state index contributed by atoms with van der Waals surface area (Å²) in [5.74, 6) is -2.32. The molecule has 0 aliphatic rings. The monoisotopic (exact) mass is 332 g/mol. The lowest BCUT2D eigenvalue weighted by Gasteiger charge is -2.06. The van der Waals surface area contributed by atoms with Crippen LogP contribution in [0, 0.1) is 5.82 Å². The molecule has 6 nitrogen and oxygen atoms in total. The second-order valence-electron chi connectivity index (χ2n) is 3.52. The number of carbonyl (C=O) groups excluding carboxylic acids is 2. The molecular weight excluding hydrogens is 323 g/mol. The lowest BCUT2D eigenvalue weighted by Crippen LogP contribution is -2.34. The molecule has 0 spiro atoms. The molecule has 1 rings (SSSR count). The molecule has 3 N–H and O–H groups in total. The largest absolute Gasteiger partial charge is 0.481 e. The molecule has 0 radical (unpaired) electrons. The van der Waals surface area contributed by atoms with Crippen molar-refractivity contribution >= 4 is 39.5 Å². The van der Waals surface area contributed by atoms with Gasteiger partial charge in [-0.2, -0.15) is 0 Å². The summed E-state index contributed by atoms with van der Waals surface area (Å²) >= 11 is 2.95. The van der Waals surface area contributed by atoms with Crippen molar-refractivity contribution < 1.29 is 23.9 Å². The van der Waals surface area contributed by atoms with Gasteiger partial charge in [-0.3, -0.25) is 14.9 Å². The zero-order chi connectivity index (χ0) is 14.4. The van der Waals surface area contributed by atoms with Gasteiger partial charge in [0.2, 0.25) is 5.91 Å². The summed E-state index contributed by atoms with van der Waals surface area (Å²) in [6.45, 7) is 0. The first-order chi connectivity index (χ1) is 8.88. The number of imide groups is 1. The van der Waals surface area contributed by atoms with Gasteiger partial charge in [-0.25, -0.2) is 9.18 Å². The quantitative estimate of drug-likeness (QED) is 0.786. The Hall–Kier alpha value is -1.96. The molecule has 0 aromatic heterocycles. The van der Waals surface area contributed by atoms with E-state index in [1.54, 1.807) is 0 Å². The molecule has 0 aliphatic heterocycles. The van der Waals surface area contributed by atoms with E-state index in [4.69, 9.17) is 5.11 Å². The average molecular weight is 333 g/mol. The minimum Gasteiger partial charge on any atom is -0.481 e. The predicted molar refractivity (Wildman–Crippen MR) is 68.1 cm³/mol. The fourth-order valence-electron chi connectivity index (χ4n) is 1.15. The van der Waals surface area contributed by atoms with Crippen LogP contribution in [0.4, 0.5) is 14.9 Å². The van der Waals surface area contributed by atoms with Gasteiger partial charge in [0, 0.05) is 12.1 Å². The molecule has 0 saturated carbocycles. The summed E-state index contributed by atoms with van der Waals surface area (Å²) in [5.41, 5.74) is 0.289. The second-order valence-corrected chi connectivity index (χ2v) is 4.38. The molecule has 19 heavy (non-hydrogen) atoms. The van der Waals surface area contributed by atoms with Gasteiger partial charge >= 0.3 is 12.0 Å². The van der Waals surface area contributed by atoms with Gasteiger partial charge in [-0.1, -0.05) is 0 Å². The van der Waals surface area contributed by atoms with Crippen LogP contribution in [0.25, 0.3) is 0 Å². The Morgan fingerprint density at radius 3 is 2.53 bits per heavy atom. The van der Waals surface area contributed by atoms with Gasteiger partial charge < -0.3 is 10.4 Å². The molecule has 0 saturated heterocycles. The maximum absolute atomic E-state index is 12.9. The molecule has 0 atom stereocenters. The molecule has 1 aromatic rings. The highest BCUT2D eigenvalue weighted by molar-refractivity contribution is 9.10. The Morgan fingerprint density at radius 2 is 1.95 bits per heavy atom. The van der Waals surface area contributed by atoms with Crippen LogP contribution in [-0.4, -0.2) is 23.0 Å². The van der Waals surface area contributed by atoms with Crippen LogP contribution >= 0.6 is 15.9 Å². The number of carbonyl (C=O) groups is 3. The third-order valence-corrected chi connectivity index (χ3v) is 2.60. The molecule has 0 bridgehead atoms. The van der Waals surface area contributed by atoms with Crippen LogP contribution in [0.1, 0.15) is 12.8 Å². The highest BCUT2D eigenvalue weighted by atomic mass is 79.9. The maximum atomic E-state index is 12.9. The Kier molecular flexibility index (Phi) is 5.43. The second kappa shape index (κ2) is 6.83. The summed E-state index contributed by atoms with van der Waals surface area (Å²) in [6, 6.07) is 2.98. The third-order valence-electron chi connectivity index (χ3n) is 2.00.